The molecule has 2 aliphatic rings. The van der Waals surface area contributed by atoms with Crippen molar-refractivity contribution in [2.45, 2.75) is 31.3 Å². The number of piperidine rings is 1. The topological polar surface area (TPSA) is 93.1 Å². The molecule has 31 heavy (non-hydrogen) atoms. The molecule has 4 heterocycles. The van der Waals surface area contributed by atoms with Crippen LogP contribution in [0.25, 0.3) is 0 Å². The maximum absolute atomic E-state index is 13.0. The lowest BCUT2D eigenvalue weighted by Gasteiger charge is -2.33. The van der Waals surface area contributed by atoms with Crippen LogP contribution in [-0.2, 0) is 11.2 Å². The van der Waals surface area contributed by atoms with Crippen LogP contribution in [0.15, 0.2) is 49.1 Å². The second kappa shape index (κ2) is 8.47. The number of carbonyl (C=O) groups is 1. The Balaban J connectivity index is 1.19. The zero-order valence-corrected chi connectivity index (χ0v) is 17.5. The minimum Gasteiger partial charge on any atom is -0.480 e. The largest absolute Gasteiger partial charge is 0.480 e. The van der Waals surface area contributed by atoms with Gasteiger partial charge in [0.1, 0.15) is 5.75 Å². The number of nitrogens with zero attached hydrogens (tertiary/aromatic N) is 5. The van der Waals surface area contributed by atoms with E-state index in [9.17, 15) is 4.79 Å². The van der Waals surface area contributed by atoms with Gasteiger partial charge in [0.05, 0.1) is 11.9 Å². The number of anilines is 2. The fourth-order valence-electron chi connectivity index (χ4n) is 4.07. The first-order valence-corrected chi connectivity index (χ1v) is 10.6. The van der Waals surface area contributed by atoms with Gasteiger partial charge >= 0.3 is 0 Å². The van der Waals surface area contributed by atoms with Gasteiger partial charge in [0.25, 0.3) is 5.91 Å². The minimum atomic E-state index is -0.469. The predicted molar refractivity (Wildman–Crippen MR) is 115 cm³/mol. The molecule has 0 spiro atoms. The second-order valence-electron chi connectivity index (χ2n) is 7.69. The third-order valence-corrected chi connectivity index (χ3v) is 5.89. The molecule has 8 nitrogen and oxygen atoms in total. The lowest BCUT2D eigenvalue weighted by Crippen LogP contribution is -2.45. The van der Waals surface area contributed by atoms with Gasteiger partial charge in [0.15, 0.2) is 11.9 Å². The number of nitrogens with one attached hydrogen (secondary N) is 1. The molecule has 0 saturated carbocycles. The van der Waals surface area contributed by atoms with E-state index in [0.717, 1.165) is 29.8 Å². The van der Waals surface area contributed by atoms with E-state index in [0.29, 0.717) is 36.3 Å². The van der Waals surface area contributed by atoms with E-state index >= 15 is 0 Å². The first kappa shape index (κ1) is 19.7. The quantitative estimate of drug-likeness (QED) is 0.670. The maximum atomic E-state index is 13.0. The van der Waals surface area contributed by atoms with Gasteiger partial charge in [-0.25, -0.2) is 15.0 Å². The summed E-state index contributed by atoms with van der Waals surface area (Å²) in [7, 11) is 0. The van der Waals surface area contributed by atoms with Gasteiger partial charge in [-0.1, -0.05) is 11.6 Å². The van der Waals surface area contributed by atoms with Crippen LogP contribution in [0.1, 0.15) is 30.0 Å². The Morgan fingerprint density at radius 3 is 2.77 bits per heavy atom. The summed E-state index contributed by atoms with van der Waals surface area (Å²) in [5.41, 5.74) is 1.90. The average Bonchev–Trinajstić information content (AvgIpc) is 3.23. The fourth-order valence-corrected chi connectivity index (χ4v) is 4.27. The van der Waals surface area contributed by atoms with Gasteiger partial charge in [-0.3, -0.25) is 9.78 Å². The molecule has 1 N–H and O–H groups in total. The van der Waals surface area contributed by atoms with Crippen molar-refractivity contribution < 1.29 is 9.53 Å². The van der Waals surface area contributed by atoms with Crippen LogP contribution in [0.5, 0.6) is 5.75 Å². The van der Waals surface area contributed by atoms with Gasteiger partial charge in [-0.15, -0.1) is 0 Å². The van der Waals surface area contributed by atoms with E-state index in [1.54, 1.807) is 36.9 Å². The Morgan fingerprint density at radius 2 is 1.97 bits per heavy atom. The van der Waals surface area contributed by atoms with Crippen molar-refractivity contribution in [1.82, 2.24) is 24.8 Å². The maximum Gasteiger partial charge on any atom is 0.263 e. The Kier molecular flexibility index (Phi) is 5.38. The summed E-state index contributed by atoms with van der Waals surface area (Å²) in [5, 5.41) is 3.73. The second-order valence-corrected chi connectivity index (χ2v) is 8.13. The molecule has 158 valence electrons. The lowest BCUT2D eigenvalue weighted by atomic mass is 9.93. The summed E-state index contributed by atoms with van der Waals surface area (Å²) < 4.78 is 5.87. The zero-order valence-electron chi connectivity index (χ0n) is 16.7. The van der Waals surface area contributed by atoms with Crippen LogP contribution >= 0.6 is 11.6 Å². The van der Waals surface area contributed by atoms with E-state index in [-0.39, 0.29) is 11.8 Å². The third kappa shape index (κ3) is 4.29. The number of hydrogen-bond acceptors (Lipinski definition) is 7. The number of fused-ring (bicyclic) bond motifs is 1. The highest BCUT2D eigenvalue weighted by Gasteiger charge is 2.34. The molecule has 1 aromatic carbocycles. The number of carbonyl (C=O) groups excluding carboxylic acids is 1. The molecule has 2 aliphatic heterocycles. The summed E-state index contributed by atoms with van der Waals surface area (Å²) in [5.74, 6) is 2.12. The number of hydrogen-bond donors (Lipinski definition) is 1. The van der Waals surface area contributed by atoms with Crippen LogP contribution in [-0.4, -0.2) is 49.9 Å². The molecule has 1 amide bonds. The highest BCUT2D eigenvalue weighted by molar-refractivity contribution is 6.30. The van der Waals surface area contributed by atoms with E-state index in [4.69, 9.17) is 16.3 Å². The summed E-state index contributed by atoms with van der Waals surface area (Å²) in [6.45, 7) is 1.34. The molecule has 1 fully saturated rings. The van der Waals surface area contributed by atoms with Crippen LogP contribution < -0.4 is 10.1 Å². The number of ether oxygens (including phenoxy) is 1. The van der Waals surface area contributed by atoms with Crippen molar-refractivity contribution in [2.24, 2.45) is 0 Å². The Morgan fingerprint density at radius 1 is 1.16 bits per heavy atom. The molecule has 0 aliphatic carbocycles. The Hall–Kier alpha value is -3.26. The first-order valence-electron chi connectivity index (χ1n) is 10.3. The normalized spacial score (nSPS) is 18.4. The minimum absolute atomic E-state index is 0.0356. The van der Waals surface area contributed by atoms with E-state index in [1.807, 2.05) is 17.0 Å². The standard InChI is InChI=1S/C22H21ClN6O2/c23-16-2-3-18-15(10-16)11-19(31-18)21(30)29-8-4-14(5-9-29)17-12-24-13-20(27-17)28-22-25-6-1-7-26-22/h1-3,6-7,10,12-14,19H,4-5,8-9,11H2,(H,25,26,27,28). The van der Waals surface area contributed by atoms with E-state index in [1.165, 1.54) is 0 Å². The number of rotatable bonds is 4. The Labute approximate surface area is 184 Å². The highest BCUT2D eigenvalue weighted by Crippen LogP contribution is 2.33. The molecule has 2 aromatic heterocycles. The van der Waals surface area contributed by atoms with Gasteiger partial charge < -0.3 is 15.0 Å². The summed E-state index contributed by atoms with van der Waals surface area (Å²) >= 11 is 6.06. The van der Waals surface area contributed by atoms with Crippen molar-refractivity contribution in [2.75, 3.05) is 18.4 Å². The fraction of sp³-hybridized carbons (Fsp3) is 0.318. The lowest BCUT2D eigenvalue weighted by molar-refractivity contribution is -0.139. The monoisotopic (exact) mass is 436 g/mol. The van der Waals surface area contributed by atoms with Crippen LogP contribution in [0, 0.1) is 0 Å². The van der Waals surface area contributed by atoms with Gasteiger partial charge in [0, 0.05) is 49.0 Å². The van der Waals surface area contributed by atoms with Crippen molar-refractivity contribution in [3.63, 3.8) is 0 Å². The predicted octanol–water partition coefficient (Wildman–Crippen LogP) is 3.37. The van der Waals surface area contributed by atoms with Gasteiger partial charge in [-0.05, 0) is 42.7 Å². The van der Waals surface area contributed by atoms with E-state index < -0.39 is 6.10 Å². The van der Waals surface area contributed by atoms with Crippen LogP contribution in [0.2, 0.25) is 5.02 Å². The highest BCUT2D eigenvalue weighted by atomic mass is 35.5. The number of likely N-dealkylation sites (tertiary alicyclic amines) is 1. The van der Waals surface area contributed by atoms with E-state index in [2.05, 4.69) is 25.3 Å². The van der Waals surface area contributed by atoms with Crippen LogP contribution in [0.3, 0.4) is 0 Å². The number of halogens is 1. The molecule has 0 bridgehead atoms. The molecule has 3 aromatic rings. The smallest absolute Gasteiger partial charge is 0.263 e. The molecule has 1 unspecified atom stereocenters. The zero-order chi connectivity index (χ0) is 21.2. The number of amides is 1. The summed E-state index contributed by atoms with van der Waals surface area (Å²) in [6, 6.07) is 7.24. The van der Waals surface area contributed by atoms with Crippen molar-refractivity contribution in [3.05, 3.63) is 65.3 Å². The van der Waals surface area contributed by atoms with Crippen LogP contribution in [0.4, 0.5) is 11.8 Å². The average molecular weight is 437 g/mol. The summed E-state index contributed by atoms with van der Waals surface area (Å²) in [4.78, 5) is 32.2. The van der Waals surface area contributed by atoms with Crippen molar-refractivity contribution in [3.8, 4) is 5.75 Å². The molecule has 1 atom stereocenters. The molecule has 5 rings (SSSR count). The van der Waals surface area contributed by atoms with Gasteiger partial charge in [-0.2, -0.15) is 0 Å². The number of benzene rings is 1. The van der Waals surface area contributed by atoms with Crippen molar-refractivity contribution >= 4 is 29.3 Å². The first-order chi connectivity index (χ1) is 15.2. The molecule has 0 radical (unpaired) electrons. The third-order valence-electron chi connectivity index (χ3n) is 5.66. The van der Waals surface area contributed by atoms with Gasteiger partial charge in [0.2, 0.25) is 5.95 Å². The molecular weight excluding hydrogens is 416 g/mol. The molecular formula is C22H21ClN6O2. The Bertz CT molecular complexity index is 1090. The summed E-state index contributed by atoms with van der Waals surface area (Å²) in [6.07, 6.45) is 8.54. The SMILES string of the molecule is O=C(C1Cc2cc(Cl)ccc2O1)N1CCC(c2cncc(Nc3ncccn3)n2)CC1. The number of aromatic nitrogens is 4. The molecule has 9 heteroatoms. The molecule has 1 saturated heterocycles. The van der Waals surface area contributed by atoms with Crippen molar-refractivity contribution in [1.29, 1.82) is 0 Å².